The topological polar surface area (TPSA) is 105 Å². The van der Waals surface area contributed by atoms with Gasteiger partial charge in [0.2, 0.25) is 5.91 Å². The van der Waals surface area contributed by atoms with Crippen molar-refractivity contribution in [3.63, 3.8) is 0 Å². The van der Waals surface area contributed by atoms with E-state index in [4.69, 9.17) is 9.05 Å². The first-order valence-corrected chi connectivity index (χ1v) is 28.0. The van der Waals surface area contributed by atoms with Gasteiger partial charge >= 0.3 is 7.82 Å². The average Bonchev–Trinajstić information content (AvgIpc) is 3.24. The summed E-state index contributed by atoms with van der Waals surface area (Å²) in [5, 5.41) is 13.8. The van der Waals surface area contributed by atoms with Gasteiger partial charge in [-0.05, 0) is 70.6 Å². The summed E-state index contributed by atoms with van der Waals surface area (Å²) in [4.78, 5) is 23.2. The number of nitrogens with one attached hydrogen (secondary N) is 1. The molecule has 9 heteroatoms. The highest BCUT2D eigenvalue weighted by Gasteiger charge is 2.27. The number of hydrogen-bond donors (Lipinski definition) is 3. The molecule has 0 rings (SSSR count). The predicted octanol–water partition coefficient (Wildman–Crippen LogP) is 15.6. The largest absolute Gasteiger partial charge is 0.472 e. The third-order valence-corrected chi connectivity index (χ3v) is 12.7. The van der Waals surface area contributed by atoms with E-state index >= 15 is 0 Å². The number of aliphatic hydroxyl groups is 1. The summed E-state index contributed by atoms with van der Waals surface area (Å²) in [5.74, 6) is -0.201. The lowest BCUT2D eigenvalue weighted by atomic mass is 10.0. The Hall–Kier alpha value is -1.54. The first-order valence-electron chi connectivity index (χ1n) is 26.5. The molecule has 0 saturated heterocycles. The molecule has 0 bridgehead atoms. The zero-order valence-corrected chi connectivity index (χ0v) is 43.0. The quantitative estimate of drug-likeness (QED) is 0.0243. The highest BCUT2D eigenvalue weighted by Crippen LogP contribution is 2.43. The van der Waals surface area contributed by atoms with Crippen molar-refractivity contribution < 1.29 is 32.9 Å². The summed E-state index contributed by atoms with van der Waals surface area (Å²) in [6.45, 7) is 4.77. The summed E-state index contributed by atoms with van der Waals surface area (Å²) < 4.78 is 23.6. The molecular weight excluding hydrogens is 804 g/mol. The predicted molar refractivity (Wildman–Crippen MR) is 272 cm³/mol. The molecule has 0 aliphatic rings. The van der Waals surface area contributed by atoms with Crippen LogP contribution in [-0.4, -0.2) is 73.4 Å². The molecule has 0 aliphatic heterocycles. The standard InChI is InChI=1S/C54H103N2O6P/c1-6-8-10-12-14-16-18-20-21-22-23-24-25-26-27-28-29-30-31-32-33-34-36-37-39-41-43-45-47-53(57)52(51-62-63(59,60)61-50-49-56(3,4)5)55-54(58)48-46-44-42-40-38-35-19-17-15-13-11-9-7-2/h17,19,32-33,37,39,45,47,52-53,57H,6-16,18,20-31,34-36,38,40-44,46,48-51H2,1-5H3,(H-,55,58,59,60)/p+1/b19-17-,33-32+,39-37+,47-45+. The normalized spacial score (nSPS) is 14.5. The van der Waals surface area contributed by atoms with Crippen molar-refractivity contribution in [2.75, 3.05) is 40.9 Å². The SMILES string of the molecule is CCCCCC/C=C\CCCCCCCC(=O)NC(COP(=O)(O)OCC[N+](C)(C)C)C(O)/C=C/CC/C=C/CC/C=C/CCCCCCCCCCCCCCCCCCCC. The van der Waals surface area contributed by atoms with Crippen LogP contribution in [0.2, 0.25) is 0 Å². The van der Waals surface area contributed by atoms with E-state index in [1.54, 1.807) is 6.08 Å². The monoisotopic (exact) mass is 908 g/mol. The molecule has 0 aliphatic carbocycles. The maximum Gasteiger partial charge on any atom is 0.472 e. The Morgan fingerprint density at radius 2 is 0.873 bits per heavy atom. The number of carbonyl (C=O) groups excluding carboxylic acids is 1. The van der Waals surface area contributed by atoms with E-state index < -0.39 is 20.0 Å². The minimum absolute atomic E-state index is 0.0511. The van der Waals surface area contributed by atoms with Crippen LogP contribution in [0.1, 0.15) is 239 Å². The number of likely N-dealkylation sites (N-methyl/N-ethyl adjacent to an activating group) is 1. The maximum atomic E-state index is 12.9. The minimum atomic E-state index is -4.36. The van der Waals surface area contributed by atoms with E-state index in [1.165, 1.54) is 161 Å². The smallest absolute Gasteiger partial charge is 0.387 e. The van der Waals surface area contributed by atoms with Crippen molar-refractivity contribution in [3.8, 4) is 0 Å². The lowest BCUT2D eigenvalue weighted by Crippen LogP contribution is -2.45. The summed E-state index contributed by atoms with van der Waals surface area (Å²) >= 11 is 0. The Morgan fingerprint density at radius 1 is 0.524 bits per heavy atom. The van der Waals surface area contributed by atoms with Crippen LogP contribution in [0.3, 0.4) is 0 Å². The van der Waals surface area contributed by atoms with E-state index in [2.05, 4.69) is 55.6 Å². The van der Waals surface area contributed by atoms with Gasteiger partial charge in [0, 0.05) is 6.42 Å². The van der Waals surface area contributed by atoms with E-state index in [1.807, 2.05) is 27.2 Å². The molecule has 3 atom stereocenters. The summed E-state index contributed by atoms with van der Waals surface area (Å²) in [6, 6.07) is -0.874. The molecule has 3 unspecified atom stereocenters. The van der Waals surface area contributed by atoms with Gasteiger partial charge in [0.1, 0.15) is 13.2 Å². The third-order valence-electron chi connectivity index (χ3n) is 11.7. The van der Waals surface area contributed by atoms with Gasteiger partial charge in [-0.25, -0.2) is 4.57 Å². The Bertz CT molecular complexity index is 1170. The number of allylic oxidation sites excluding steroid dienone is 7. The Kier molecular flexibility index (Phi) is 44.5. The van der Waals surface area contributed by atoms with E-state index in [9.17, 15) is 19.4 Å². The Morgan fingerprint density at radius 3 is 1.29 bits per heavy atom. The number of aliphatic hydroxyl groups excluding tert-OH is 1. The van der Waals surface area contributed by atoms with Crippen molar-refractivity contribution in [1.29, 1.82) is 0 Å². The van der Waals surface area contributed by atoms with Crippen LogP contribution in [0.25, 0.3) is 0 Å². The van der Waals surface area contributed by atoms with Crippen LogP contribution < -0.4 is 5.32 Å². The molecule has 0 aromatic carbocycles. The van der Waals surface area contributed by atoms with Gasteiger partial charge in [0.05, 0.1) is 39.9 Å². The second-order valence-electron chi connectivity index (χ2n) is 19.2. The highest BCUT2D eigenvalue weighted by atomic mass is 31.2. The van der Waals surface area contributed by atoms with Gasteiger partial charge < -0.3 is 19.8 Å². The van der Waals surface area contributed by atoms with Gasteiger partial charge in [-0.2, -0.15) is 0 Å². The van der Waals surface area contributed by atoms with Gasteiger partial charge in [0.15, 0.2) is 0 Å². The molecular formula is C54H104N2O6P+. The first kappa shape index (κ1) is 61.5. The second kappa shape index (κ2) is 45.6. The van der Waals surface area contributed by atoms with Gasteiger partial charge in [0.25, 0.3) is 0 Å². The van der Waals surface area contributed by atoms with Crippen molar-refractivity contribution in [3.05, 3.63) is 48.6 Å². The number of phosphoric acid groups is 1. The van der Waals surface area contributed by atoms with Gasteiger partial charge in [-0.3, -0.25) is 13.8 Å². The molecule has 8 nitrogen and oxygen atoms in total. The number of quaternary nitrogens is 1. The number of phosphoric ester groups is 1. The van der Waals surface area contributed by atoms with Crippen LogP contribution in [0.15, 0.2) is 48.6 Å². The Balaban J connectivity index is 4.27. The number of amides is 1. The van der Waals surface area contributed by atoms with E-state index in [0.717, 1.165) is 57.8 Å². The molecule has 0 fully saturated rings. The number of unbranched alkanes of at least 4 members (excludes halogenated alkanes) is 29. The molecule has 370 valence electrons. The fourth-order valence-electron chi connectivity index (χ4n) is 7.54. The van der Waals surface area contributed by atoms with Crippen LogP contribution >= 0.6 is 7.82 Å². The molecule has 1 amide bonds. The van der Waals surface area contributed by atoms with Crippen LogP contribution in [0.4, 0.5) is 0 Å². The van der Waals surface area contributed by atoms with E-state index in [0.29, 0.717) is 17.4 Å². The number of carbonyl (C=O) groups is 1. The molecule has 0 saturated carbocycles. The first-order chi connectivity index (χ1) is 30.5. The number of nitrogens with zero attached hydrogens (tertiary/aromatic N) is 1. The number of rotatable bonds is 48. The lowest BCUT2D eigenvalue weighted by molar-refractivity contribution is -0.870. The third kappa shape index (κ3) is 48.2. The van der Waals surface area contributed by atoms with Crippen LogP contribution in [-0.2, 0) is 18.4 Å². The zero-order valence-electron chi connectivity index (χ0n) is 42.1. The molecule has 3 N–H and O–H groups in total. The fourth-order valence-corrected chi connectivity index (χ4v) is 8.27. The molecule has 0 aromatic rings. The molecule has 0 radical (unpaired) electrons. The summed E-state index contributed by atoms with van der Waals surface area (Å²) in [5.41, 5.74) is 0. The Labute approximate surface area is 390 Å². The van der Waals surface area contributed by atoms with Gasteiger partial charge in [-0.1, -0.05) is 210 Å². The zero-order chi connectivity index (χ0) is 46.4. The van der Waals surface area contributed by atoms with Crippen molar-refractivity contribution in [1.82, 2.24) is 5.32 Å². The maximum absolute atomic E-state index is 12.9. The summed E-state index contributed by atoms with van der Waals surface area (Å²) in [6.07, 6.45) is 59.3. The average molecular weight is 908 g/mol. The van der Waals surface area contributed by atoms with Crippen LogP contribution in [0, 0.1) is 0 Å². The lowest BCUT2D eigenvalue weighted by Gasteiger charge is -2.25. The van der Waals surface area contributed by atoms with Crippen molar-refractivity contribution >= 4 is 13.7 Å². The molecule has 0 aromatic heterocycles. The second-order valence-corrected chi connectivity index (χ2v) is 20.7. The highest BCUT2D eigenvalue weighted by molar-refractivity contribution is 7.47. The van der Waals surface area contributed by atoms with E-state index in [-0.39, 0.29) is 19.1 Å². The molecule has 0 heterocycles. The van der Waals surface area contributed by atoms with Crippen LogP contribution in [0.5, 0.6) is 0 Å². The van der Waals surface area contributed by atoms with Gasteiger partial charge in [-0.15, -0.1) is 0 Å². The van der Waals surface area contributed by atoms with Crippen molar-refractivity contribution in [2.24, 2.45) is 0 Å². The summed E-state index contributed by atoms with van der Waals surface area (Å²) in [7, 11) is 1.54. The fraction of sp³-hybridized carbons (Fsp3) is 0.833. The minimum Gasteiger partial charge on any atom is -0.387 e. The molecule has 63 heavy (non-hydrogen) atoms. The molecule has 0 spiro atoms. The number of hydrogen-bond acceptors (Lipinski definition) is 5. The van der Waals surface area contributed by atoms with Crippen molar-refractivity contribution in [2.45, 2.75) is 251 Å².